The molecule has 0 fully saturated rings. The fraction of sp³-hybridized carbons (Fsp3) is 0.231. The van der Waals surface area contributed by atoms with E-state index in [2.05, 4.69) is 70.4 Å². The first-order valence-electron chi connectivity index (χ1n) is 10.8. The smallest absolute Gasteiger partial charge is 0.0700 e. The van der Waals surface area contributed by atoms with Crippen LogP contribution in [0.2, 0.25) is 0 Å². The van der Waals surface area contributed by atoms with Gasteiger partial charge in [0.2, 0.25) is 0 Å². The number of anilines is 2. The van der Waals surface area contributed by atoms with Gasteiger partial charge in [0.05, 0.1) is 23.7 Å². The summed E-state index contributed by atoms with van der Waals surface area (Å²) in [5, 5.41) is 16.0. The van der Waals surface area contributed by atoms with Gasteiger partial charge in [-0.15, -0.1) is 0 Å². The molecule has 0 saturated carbocycles. The van der Waals surface area contributed by atoms with Gasteiger partial charge in [0, 0.05) is 38.0 Å². The quantitative estimate of drug-likeness (QED) is 0.537. The molecule has 31 heavy (non-hydrogen) atoms. The standard InChI is InChI=1S/C26H28N4O/c1-2-29(18-19-31)24-14-10-23(11-15-24)27-20-21-8-12-25(13-9-21)30-17-16-26(28-30)22-6-4-3-5-7-22/h3-15,20,31H,2,16-19H2,1H3. The first kappa shape index (κ1) is 20.8. The Morgan fingerprint density at radius 2 is 1.74 bits per heavy atom. The molecule has 158 valence electrons. The number of likely N-dealkylation sites (N-methyl/N-ethyl adjacent to an activating group) is 1. The fourth-order valence-corrected chi connectivity index (χ4v) is 3.70. The number of nitrogens with zero attached hydrogens (tertiary/aromatic N) is 4. The third-order valence-corrected chi connectivity index (χ3v) is 5.43. The van der Waals surface area contributed by atoms with Crippen LogP contribution in [0.15, 0.2) is 89.0 Å². The predicted octanol–water partition coefficient (Wildman–Crippen LogP) is 4.87. The van der Waals surface area contributed by atoms with Crippen LogP contribution in [0.25, 0.3) is 0 Å². The first-order valence-corrected chi connectivity index (χ1v) is 10.8. The molecule has 0 amide bonds. The number of hydrogen-bond donors (Lipinski definition) is 1. The summed E-state index contributed by atoms with van der Waals surface area (Å²) >= 11 is 0. The van der Waals surface area contributed by atoms with E-state index in [-0.39, 0.29) is 6.61 Å². The van der Waals surface area contributed by atoms with Crippen LogP contribution in [-0.4, -0.2) is 43.3 Å². The normalized spacial score (nSPS) is 13.6. The lowest BCUT2D eigenvalue weighted by Crippen LogP contribution is -2.25. The number of rotatable bonds is 8. The van der Waals surface area contributed by atoms with Gasteiger partial charge >= 0.3 is 0 Å². The van der Waals surface area contributed by atoms with E-state index in [9.17, 15) is 5.11 Å². The third-order valence-electron chi connectivity index (χ3n) is 5.43. The second-order valence-corrected chi connectivity index (χ2v) is 7.46. The first-order chi connectivity index (χ1) is 15.3. The average Bonchev–Trinajstić information content (AvgIpc) is 3.33. The van der Waals surface area contributed by atoms with Gasteiger partial charge in [-0.25, -0.2) is 0 Å². The Morgan fingerprint density at radius 3 is 2.42 bits per heavy atom. The van der Waals surface area contributed by atoms with Crippen molar-refractivity contribution in [1.29, 1.82) is 0 Å². The third kappa shape index (κ3) is 5.19. The van der Waals surface area contributed by atoms with Gasteiger partial charge in [-0.2, -0.15) is 5.10 Å². The van der Waals surface area contributed by atoms with Gasteiger partial charge in [0.1, 0.15) is 0 Å². The van der Waals surface area contributed by atoms with Gasteiger partial charge in [0.25, 0.3) is 0 Å². The number of hydrogen-bond acceptors (Lipinski definition) is 5. The van der Waals surface area contributed by atoms with Crippen LogP contribution in [-0.2, 0) is 0 Å². The highest BCUT2D eigenvalue weighted by molar-refractivity contribution is 6.02. The fourth-order valence-electron chi connectivity index (χ4n) is 3.70. The SMILES string of the molecule is CCN(CCO)c1ccc(N=Cc2ccc(N3CCC(c4ccccc4)=N3)cc2)cc1. The molecule has 5 nitrogen and oxygen atoms in total. The lowest BCUT2D eigenvalue weighted by atomic mass is 10.1. The minimum absolute atomic E-state index is 0.153. The Morgan fingerprint density at radius 1 is 1.00 bits per heavy atom. The Kier molecular flexibility index (Phi) is 6.75. The highest BCUT2D eigenvalue weighted by atomic mass is 16.3. The molecule has 3 aromatic carbocycles. The van der Waals surface area contributed by atoms with E-state index in [0.717, 1.165) is 47.8 Å². The number of aliphatic hydroxyl groups is 1. The van der Waals surface area contributed by atoms with Crippen LogP contribution in [0.1, 0.15) is 24.5 Å². The summed E-state index contributed by atoms with van der Waals surface area (Å²) in [6.07, 6.45) is 2.84. The summed E-state index contributed by atoms with van der Waals surface area (Å²) in [7, 11) is 0. The minimum atomic E-state index is 0.153. The summed E-state index contributed by atoms with van der Waals surface area (Å²) in [6.45, 7) is 4.64. The maximum absolute atomic E-state index is 9.17. The minimum Gasteiger partial charge on any atom is -0.395 e. The van der Waals surface area contributed by atoms with Crippen molar-refractivity contribution >= 4 is 29.0 Å². The molecule has 5 heteroatoms. The highest BCUT2D eigenvalue weighted by Gasteiger charge is 2.16. The lowest BCUT2D eigenvalue weighted by Gasteiger charge is -2.21. The molecule has 1 aliphatic rings. The molecule has 0 bridgehead atoms. The van der Waals surface area contributed by atoms with Gasteiger partial charge < -0.3 is 10.0 Å². The molecular formula is C26H28N4O. The Bertz CT molecular complexity index is 1030. The molecule has 0 aromatic heterocycles. The van der Waals surface area contributed by atoms with Crippen molar-refractivity contribution in [2.24, 2.45) is 10.1 Å². The van der Waals surface area contributed by atoms with E-state index in [1.807, 2.05) is 36.5 Å². The largest absolute Gasteiger partial charge is 0.395 e. The lowest BCUT2D eigenvalue weighted by molar-refractivity contribution is 0.302. The predicted molar refractivity (Wildman–Crippen MR) is 130 cm³/mol. The van der Waals surface area contributed by atoms with Crippen LogP contribution in [0, 0.1) is 0 Å². The van der Waals surface area contributed by atoms with Crippen LogP contribution in [0.3, 0.4) is 0 Å². The van der Waals surface area contributed by atoms with E-state index in [1.165, 1.54) is 5.56 Å². The zero-order valence-electron chi connectivity index (χ0n) is 17.9. The van der Waals surface area contributed by atoms with Crippen molar-refractivity contribution in [1.82, 2.24) is 0 Å². The summed E-state index contributed by atoms with van der Waals surface area (Å²) < 4.78 is 0. The van der Waals surface area contributed by atoms with E-state index in [4.69, 9.17) is 5.10 Å². The van der Waals surface area contributed by atoms with Crippen molar-refractivity contribution in [2.75, 3.05) is 36.1 Å². The van der Waals surface area contributed by atoms with Gasteiger partial charge in [-0.3, -0.25) is 10.0 Å². The molecule has 0 aliphatic carbocycles. The summed E-state index contributed by atoms with van der Waals surface area (Å²) in [6, 6.07) is 26.8. The van der Waals surface area contributed by atoms with Crippen molar-refractivity contribution in [2.45, 2.75) is 13.3 Å². The van der Waals surface area contributed by atoms with Crippen LogP contribution in [0.4, 0.5) is 17.1 Å². The highest BCUT2D eigenvalue weighted by Crippen LogP contribution is 2.23. The molecule has 3 aromatic rings. The van der Waals surface area contributed by atoms with Gasteiger partial charge in [-0.05, 0) is 54.4 Å². The maximum Gasteiger partial charge on any atom is 0.0700 e. The van der Waals surface area contributed by atoms with Crippen LogP contribution >= 0.6 is 0 Å². The number of aliphatic hydroxyl groups excluding tert-OH is 1. The second kappa shape index (κ2) is 10.0. The van der Waals surface area contributed by atoms with E-state index >= 15 is 0 Å². The van der Waals surface area contributed by atoms with E-state index in [0.29, 0.717) is 6.54 Å². The van der Waals surface area contributed by atoms with E-state index < -0.39 is 0 Å². The van der Waals surface area contributed by atoms with Crippen LogP contribution < -0.4 is 9.91 Å². The Hall–Kier alpha value is -3.44. The van der Waals surface area contributed by atoms with Crippen molar-refractivity contribution in [3.8, 4) is 0 Å². The molecular weight excluding hydrogens is 384 g/mol. The Labute approximate surface area is 184 Å². The molecule has 0 spiro atoms. The summed E-state index contributed by atoms with van der Waals surface area (Å²) in [5.41, 5.74) is 6.48. The molecule has 4 rings (SSSR count). The van der Waals surface area contributed by atoms with E-state index in [1.54, 1.807) is 0 Å². The molecule has 0 unspecified atom stereocenters. The molecule has 0 radical (unpaired) electrons. The zero-order valence-corrected chi connectivity index (χ0v) is 17.9. The second-order valence-electron chi connectivity index (χ2n) is 7.46. The molecule has 0 atom stereocenters. The van der Waals surface area contributed by atoms with Crippen molar-refractivity contribution in [3.63, 3.8) is 0 Å². The summed E-state index contributed by atoms with van der Waals surface area (Å²) in [4.78, 5) is 6.73. The summed E-state index contributed by atoms with van der Waals surface area (Å²) in [5.74, 6) is 0. The molecule has 1 aliphatic heterocycles. The van der Waals surface area contributed by atoms with Crippen molar-refractivity contribution < 1.29 is 5.11 Å². The maximum atomic E-state index is 9.17. The number of hydrazone groups is 1. The van der Waals surface area contributed by atoms with Gasteiger partial charge in [0.15, 0.2) is 0 Å². The topological polar surface area (TPSA) is 51.4 Å². The zero-order chi connectivity index (χ0) is 21.5. The van der Waals surface area contributed by atoms with Gasteiger partial charge in [-0.1, -0.05) is 42.5 Å². The Balaban J connectivity index is 1.40. The monoisotopic (exact) mass is 412 g/mol. The van der Waals surface area contributed by atoms with Crippen molar-refractivity contribution in [3.05, 3.63) is 90.0 Å². The molecule has 0 saturated heterocycles. The number of aliphatic imine (C=N–C) groups is 1. The average molecular weight is 413 g/mol. The molecule has 1 N–H and O–H groups in total. The number of benzene rings is 3. The van der Waals surface area contributed by atoms with Crippen LogP contribution in [0.5, 0.6) is 0 Å². The molecule has 1 heterocycles.